The molecule has 0 aromatic heterocycles. The number of carbonyl (C=O) groups is 1. The normalized spacial score (nSPS) is 27.9. The van der Waals surface area contributed by atoms with Crippen LogP contribution in [0.2, 0.25) is 0 Å². The van der Waals surface area contributed by atoms with Gasteiger partial charge in [-0.05, 0) is 17.7 Å². The van der Waals surface area contributed by atoms with Crippen molar-refractivity contribution in [1.82, 2.24) is 10.2 Å². The number of halogens is 1. The van der Waals surface area contributed by atoms with Crippen molar-refractivity contribution < 1.29 is 19.2 Å². The lowest BCUT2D eigenvalue weighted by Crippen LogP contribution is -2.55. The van der Waals surface area contributed by atoms with Crippen LogP contribution in [-0.2, 0) is 5.72 Å². The number of hydrogen-bond donors (Lipinski definition) is 2. The molecule has 0 saturated carbocycles. The number of Topliss-reactive ketones (excluding diaryl/α,β-unsaturated/α-hetero) is 1. The largest absolute Gasteiger partial charge is 0.366 e. The van der Waals surface area contributed by atoms with Gasteiger partial charge in [-0.2, -0.15) is 0 Å². The monoisotopic (exact) mass is 381 g/mol. The summed E-state index contributed by atoms with van der Waals surface area (Å²) in [6.07, 6.45) is 0. The van der Waals surface area contributed by atoms with Crippen molar-refractivity contribution >= 4 is 5.78 Å². The van der Waals surface area contributed by atoms with Gasteiger partial charge in [-0.25, -0.2) is 4.39 Å². The average Bonchev–Trinajstić information content (AvgIpc) is 3.24. The van der Waals surface area contributed by atoms with Crippen LogP contribution in [0, 0.1) is 21.8 Å². The summed E-state index contributed by atoms with van der Waals surface area (Å²) in [5.74, 6) is -2.98. The van der Waals surface area contributed by atoms with E-state index in [1.165, 1.54) is 23.1 Å². The lowest BCUT2D eigenvalue weighted by Gasteiger charge is -2.45. The topological polar surface area (TPSA) is 95.7 Å². The van der Waals surface area contributed by atoms with Gasteiger partial charge >= 0.3 is 0 Å². The van der Waals surface area contributed by atoms with Gasteiger partial charge in [0, 0.05) is 24.2 Å². The lowest BCUT2D eigenvalue weighted by atomic mass is 9.74. The van der Waals surface area contributed by atoms with E-state index in [-0.39, 0.29) is 22.9 Å². The number of hydrogen-bond acceptors (Lipinski definition) is 6. The Bertz CT molecular complexity index is 1070. The molecular formula is C20H16FN3O4. The number of nitrogens with one attached hydrogen (secondary N) is 1. The third kappa shape index (κ3) is 1.98. The second-order valence-electron chi connectivity index (χ2n) is 7.22. The highest BCUT2D eigenvalue weighted by Gasteiger charge is 2.65. The molecule has 2 heterocycles. The van der Waals surface area contributed by atoms with Gasteiger partial charge in [0.25, 0.3) is 5.70 Å². The van der Waals surface area contributed by atoms with E-state index in [0.29, 0.717) is 24.2 Å². The first-order valence-corrected chi connectivity index (χ1v) is 8.96. The maximum atomic E-state index is 14.0. The van der Waals surface area contributed by atoms with Crippen LogP contribution in [0.25, 0.3) is 0 Å². The Morgan fingerprint density at radius 3 is 2.79 bits per heavy atom. The molecule has 0 spiro atoms. The minimum atomic E-state index is -1.73. The fourth-order valence-electron chi connectivity index (χ4n) is 4.85. The number of carbonyl (C=O) groups excluding carboxylic acids is 1. The van der Waals surface area contributed by atoms with Crippen LogP contribution < -0.4 is 5.32 Å². The summed E-state index contributed by atoms with van der Waals surface area (Å²) in [7, 11) is 0. The predicted molar refractivity (Wildman–Crippen MR) is 96.0 cm³/mol. The van der Waals surface area contributed by atoms with Gasteiger partial charge in [-0.1, -0.05) is 36.4 Å². The zero-order valence-electron chi connectivity index (χ0n) is 14.6. The van der Waals surface area contributed by atoms with Gasteiger partial charge in [-0.3, -0.25) is 14.9 Å². The standard InChI is InChI=1S/C20H16FN3O4/c21-12-5-3-4-11(10-12)15-16-18(25)13-6-1-2-7-14(13)20(16,26)23-9-8-22-19(23)17(15)24(27)28/h1-7,10,15-16,22,26H,8-9H2/t15-,16+,20+/m1/s1. The smallest absolute Gasteiger partial charge is 0.294 e. The second kappa shape index (κ2) is 5.62. The summed E-state index contributed by atoms with van der Waals surface area (Å²) in [6, 6.07) is 12.1. The van der Waals surface area contributed by atoms with Crippen molar-refractivity contribution in [3.63, 3.8) is 0 Å². The van der Waals surface area contributed by atoms with E-state index in [2.05, 4.69) is 5.32 Å². The Morgan fingerprint density at radius 2 is 2.04 bits per heavy atom. The summed E-state index contributed by atoms with van der Waals surface area (Å²) in [4.78, 5) is 26.3. The number of ketones is 1. The van der Waals surface area contributed by atoms with Crippen molar-refractivity contribution in [2.75, 3.05) is 13.1 Å². The molecule has 3 atom stereocenters. The molecule has 3 aliphatic rings. The third-order valence-electron chi connectivity index (χ3n) is 5.89. The van der Waals surface area contributed by atoms with Gasteiger partial charge in [-0.15, -0.1) is 0 Å². The van der Waals surface area contributed by atoms with Crippen LogP contribution in [0.3, 0.4) is 0 Å². The van der Waals surface area contributed by atoms with E-state index in [9.17, 15) is 24.4 Å². The fraction of sp³-hybridized carbons (Fsp3) is 0.250. The van der Waals surface area contributed by atoms with E-state index in [4.69, 9.17) is 0 Å². The Morgan fingerprint density at radius 1 is 1.25 bits per heavy atom. The maximum Gasteiger partial charge on any atom is 0.294 e. The maximum absolute atomic E-state index is 14.0. The van der Waals surface area contributed by atoms with E-state index >= 15 is 0 Å². The Balaban J connectivity index is 1.84. The molecule has 7 nitrogen and oxygen atoms in total. The van der Waals surface area contributed by atoms with Crippen molar-refractivity contribution in [2.45, 2.75) is 11.6 Å². The van der Waals surface area contributed by atoms with Crippen molar-refractivity contribution in [2.24, 2.45) is 5.92 Å². The van der Waals surface area contributed by atoms with Gasteiger partial charge in [0.2, 0.25) is 0 Å². The highest BCUT2D eigenvalue weighted by molar-refractivity contribution is 6.04. The van der Waals surface area contributed by atoms with Crippen LogP contribution in [-0.4, -0.2) is 33.8 Å². The zero-order valence-corrected chi connectivity index (χ0v) is 14.6. The highest BCUT2D eigenvalue weighted by Crippen LogP contribution is 2.57. The quantitative estimate of drug-likeness (QED) is 0.610. The van der Waals surface area contributed by atoms with Gasteiger partial charge in [0.1, 0.15) is 5.82 Å². The van der Waals surface area contributed by atoms with E-state index in [1.807, 2.05) is 0 Å². The zero-order chi connectivity index (χ0) is 19.6. The number of fused-ring (bicyclic) bond motifs is 5. The molecule has 1 aliphatic carbocycles. The van der Waals surface area contributed by atoms with Gasteiger partial charge in [0.05, 0.1) is 16.8 Å². The molecule has 1 saturated heterocycles. The van der Waals surface area contributed by atoms with Crippen LogP contribution in [0.15, 0.2) is 60.0 Å². The number of nitrogens with zero attached hydrogens (tertiary/aromatic N) is 2. The average molecular weight is 381 g/mol. The molecule has 0 unspecified atom stereocenters. The van der Waals surface area contributed by atoms with Crippen LogP contribution >= 0.6 is 0 Å². The summed E-state index contributed by atoms with van der Waals surface area (Å²) in [6.45, 7) is 0.713. The molecule has 2 N–H and O–H groups in total. The van der Waals surface area contributed by atoms with Crippen LogP contribution in [0.1, 0.15) is 27.4 Å². The predicted octanol–water partition coefficient (Wildman–Crippen LogP) is 1.93. The van der Waals surface area contributed by atoms with Crippen molar-refractivity contribution in [3.8, 4) is 0 Å². The first kappa shape index (κ1) is 16.9. The minimum absolute atomic E-state index is 0.183. The molecule has 142 valence electrons. The number of benzene rings is 2. The Labute approximate surface area is 159 Å². The fourth-order valence-corrected chi connectivity index (χ4v) is 4.85. The molecule has 0 bridgehead atoms. The number of nitro groups is 1. The Hall–Kier alpha value is -3.26. The van der Waals surface area contributed by atoms with E-state index in [0.717, 1.165) is 0 Å². The Kier molecular flexibility index (Phi) is 3.39. The second-order valence-corrected chi connectivity index (χ2v) is 7.22. The summed E-state index contributed by atoms with van der Waals surface area (Å²) >= 11 is 0. The van der Waals surface area contributed by atoms with Gasteiger partial charge in [0.15, 0.2) is 17.3 Å². The highest BCUT2D eigenvalue weighted by atomic mass is 19.1. The van der Waals surface area contributed by atoms with Crippen LogP contribution in [0.5, 0.6) is 0 Å². The number of rotatable bonds is 2. The molecule has 2 aromatic carbocycles. The molecule has 1 fully saturated rings. The number of allylic oxidation sites excluding steroid dienone is 1. The van der Waals surface area contributed by atoms with Crippen molar-refractivity contribution in [1.29, 1.82) is 0 Å². The van der Waals surface area contributed by atoms with E-state index < -0.39 is 28.3 Å². The molecule has 0 radical (unpaired) electrons. The molecule has 28 heavy (non-hydrogen) atoms. The SMILES string of the molecule is O=C1c2ccccc2[C@]2(O)[C@H]1[C@@H](c1cccc(F)c1)C([N+](=O)[O-])=C1NCCN12. The first-order chi connectivity index (χ1) is 13.4. The first-order valence-electron chi connectivity index (χ1n) is 8.96. The lowest BCUT2D eigenvalue weighted by molar-refractivity contribution is -0.438. The summed E-state index contributed by atoms with van der Waals surface area (Å²) in [5, 5.41) is 26.8. The minimum Gasteiger partial charge on any atom is -0.366 e. The number of aliphatic hydroxyl groups is 1. The molecule has 5 rings (SSSR count). The molecule has 2 aliphatic heterocycles. The van der Waals surface area contributed by atoms with Crippen molar-refractivity contribution in [3.05, 3.63) is 92.7 Å². The summed E-state index contributed by atoms with van der Waals surface area (Å²) in [5.41, 5.74) is -0.901. The van der Waals surface area contributed by atoms with Gasteiger partial charge < -0.3 is 15.3 Å². The third-order valence-corrected chi connectivity index (χ3v) is 5.89. The molecule has 0 amide bonds. The molecule has 2 aromatic rings. The summed E-state index contributed by atoms with van der Waals surface area (Å²) < 4.78 is 14.0. The molecule has 8 heteroatoms. The molecular weight excluding hydrogens is 365 g/mol. The van der Waals surface area contributed by atoms with Crippen LogP contribution in [0.4, 0.5) is 4.39 Å². The van der Waals surface area contributed by atoms with E-state index in [1.54, 1.807) is 30.3 Å².